The number of carbonyl (C=O) groups is 1. The maximum Gasteiger partial charge on any atom is 0.222 e. The van der Waals surface area contributed by atoms with Gasteiger partial charge in [-0.2, -0.15) is 0 Å². The van der Waals surface area contributed by atoms with Gasteiger partial charge in [0.25, 0.3) is 0 Å². The maximum absolute atomic E-state index is 12.3. The van der Waals surface area contributed by atoms with E-state index in [2.05, 4.69) is 31.3 Å². The standard InChI is InChI=1S/C38H73NO4/c1-3-5-7-9-11-13-14-15-16-17-18-19-20-21-22-24-26-28-30-32-37(42)36(34-40)39-38(43)33-35(41)31-29-27-25-23-12-10-8-6-4-2/h22,24,30,32,35-37,40-42H,3-21,23,25-29,31,33-34H2,1-2H3,(H,39,43)/b24-22+,32-30+. The van der Waals surface area contributed by atoms with Crippen LogP contribution < -0.4 is 5.32 Å². The normalized spacial score (nSPS) is 14.1. The predicted molar refractivity (Wildman–Crippen MR) is 185 cm³/mol. The van der Waals surface area contributed by atoms with Gasteiger partial charge in [-0.3, -0.25) is 4.79 Å². The highest BCUT2D eigenvalue weighted by Gasteiger charge is 2.20. The van der Waals surface area contributed by atoms with E-state index in [1.807, 2.05) is 6.08 Å². The molecule has 5 heteroatoms. The molecule has 0 aromatic heterocycles. The average molecular weight is 608 g/mol. The first-order valence-corrected chi connectivity index (χ1v) is 18.6. The van der Waals surface area contributed by atoms with Gasteiger partial charge in [0.1, 0.15) is 0 Å². The van der Waals surface area contributed by atoms with E-state index >= 15 is 0 Å². The van der Waals surface area contributed by atoms with Crippen LogP contribution in [0.1, 0.15) is 187 Å². The van der Waals surface area contributed by atoms with Crippen molar-refractivity contribution in [2.45, 2.75) is 205 Å². The predicted octanol–water partition coefficient (Wildman–Crippen LogP) is 9.87. The summed E-state index contributed by atoms with van der Waals surface area (Å²) in [5, 5.41) is 32.9. The van der Waals surface area contributed by atoms with E-state index in [9.17, 15) is 20.1 Å². The number of carbonyl (C=O) groups excluding carboxylic acids is 1. The second kappa shape index (κ2) is 33.7. The topological polar surface area (TPSA) is 89.8 Å². The van der Waals surface area contributed by atoms with Crippen molar-refractivity contribution in [1.82, 2.24) is 5.32 Å². The summed E-state index contributed by atoms with van der Waals surface area (Å²) in [5.41, 5.74) is 0. The number of amides is 1. The summed E-state index contributed by atoms with van der Waals surface area (Å²) < 4.78 is 0. The van der Waals surface area contributed by atoms with E-state index in [0.29, 0.717) is 6.42 Å². The largest absolute Gasteiger partial charge is 0.394 e. The molecule has 0 aliphatic carbocycles. The van der Waals surface area contributed by atoms with Crippen molar-refractivity contribution in [1.29, 1.82) is 0 Å². The molecular formula is C38H73NO4. The molecule has 1 amide bonds. The first kappa shape index (κ1) is 41.8. The summed E-state index contributed by atoms with van der Waals surface area (Å²) in [4.78, 5) is 12.3. The summed E-state index contributed by atoms with van der Waals surface area (Å²) in [5.74, 6) is -0.328. The smallest absolute Gasteiger partial charge is 0.222 e. The van der Waals surface area contributed by atoms with Gasteiger partial charge in [0.15, 0.2) is 0 Å². The highest BCUT2D eigenvalue weighted by Crippen LogP contribution is 2.14. The Bertz CT molecular complexity index is 635. The Labute approximate surface area is 267 Å². The molecule has 0 fully saturated rings. The molecule has 43 heavy (non-hydrogen) atoms. The van der Waals surface area contributed by atoms with Crippen LogP contribution in [0.3, 0.4) is 0 Å². The molecule has 0 spiro atoms. The monoisotopic (exact) mass is 608 g/mol. The maximum atomic E-state index is 12.3. The average Bonchev–Trinajstić information content (AvgIpc) is 3.00. The molecule has 4 N–H and O–H groups in total. The van der Waals surface area contributed by atoms with Crippen molar-refractivity contribution in [2.24, 2.45) is 0 Å². The van der Waals surface area contributed by atoms with Crippen molar-refractivity contribution < 1.29 is 20.1 Å². The Morgan fingerprint density at radius 1 is 0.581 bits per heavy atom. The summed E-state index contributed by atoms with van der Waals surface area (Å²) >= 11 is 0. The molecular weight excluding hydrogens is 534 g/mol. The van der Waals surface area contributed by atoms with Crippen LogP contribution in [0.2, 0.25) is 0 Å². The van der Waals surface area contributed by atoms with Gasteiger partial charge < -0.3 is 20.6 Å². The first-order chi connectivity index (χ1) is 21.0. The molecule has 0 heterocycles. The zero-order valence-electron chi connectivity index (χ0n) is 28.6. The Morgan fingerprint density at radius 3 is 1.49 bits per heavy atom. The van der Waals surface area contributed by atoms with Crippen LogP contribution >= 0.6 is 0 Å². The number of hydrogen-bond donors (Lipinski definition) is 4. The third kappa shape index (κ3) is 30.6. The number of nitrogens with one attached hydrogen (secondary N) is 1. The molecule has 0 aromatic rings. The lowest BCUT2D eigenvalue weighted by Gasteiger charge is -2.21. The van der Waals surface area contributed by atoms with Gasteiger partial charge >= 0.3 is 0 Å². The van der Waals surface area contributed by atoms with Crippen molar-refractivity contribution in [3.8, 4) is 0 Å². The van der Waals surface area contributed by atoms with Crippen LogP contribution in [0.4, 0.5) is 0 Å². The van der Waals surface area contributed by atoms with Gasteiger partial charge in [-0.25, -0.2) is 0 Å². The van der Waals surface area contributed by atoms with E-state index < -0.39 is 18.2 Å². The third-order valence-electron chi connectivity index (χ3n) is 8.49. The number of aliphatic hydroxyl groups is 3. The van der Waals surface area contributed by atoms with Gasteiger partial charge in [-0.1, -0.05) is 173 Å². The molecule has 0 rings (SSSR count). The zero-order chi connectivity index (χ0) is 31.6. The highest BCUT2D eigenvalue weighted by molar-refractivity contribution is 5.76. The second-order valence-electron chi connectivity index (χ2n) is 12.8. The lowest BCUT2D eigenvalue weighted by Crippen LogP contribution is -2.45. The fraction of sp³-hybridized carbons (Fsp3) is 0.868. The van der Waals surface area contributed by atoms with E-state index in [1.54, 1.807) is 6.08 Å². The quantitative estimate of drug-likeness (QED) is 0.0441. The van der Waals surface area contributed by atoms with Crippen LogP contribution in [0.15, 0.2) is 24.3 Å². The van der Waals surface area contributed by atoms with Gasteiger partial charge in [-0.15, -0.1) is 0 Å². The summed E-state index contributed by atoms with van der Waals surface area (Å²) in [6, 6.07) is -0.755. The molecule has 0 bridgehead atoms. The van der Waals surface area contributed by atoms with E-state index in [0.717, 1.165) is 32.1 Å². The Kier molecular flexibility index (Phi) is 32.8. The fourth-order valence-corrected chi connectivity index (χ4v) is 5.59. The van der Waals surface area contributed by atoms with Crippen LogP contribution in [-0.4, -0.2) is 46.1 Å². The number of hydrogen-bond acceptors (Lipinski definition) is 4. The summed E-state index contributed by atoms with van der Waals surface area (Å²) in [6.45, 7) is 4.17. The summed E-state index contributed by atoms with van der Waals surface area (Å²) in [6.07, 6.45) is 38.8. The minimum absolute atomic E-state index is 0.00794. The molecule has 0 aromatic carbocycles. The van der Waals surface area contributed by atoms with Crippen LogP contribution in [0.25, 0.3) is 0 Å². The van der Waals surface area contributed by atoms with E-state index in [1.165, 1.54) is 128 Å². The minimum atomic E-state index is -0.946. The van der Waals surface area contributed by atoms with Crippen LogP contribution in [-0.2, 0) is 4.79 Å². The number of rotatable bonds is 33. The molecule has 3 atom stereocenters. The minimum Gasteiger partial charge on any atom is -0.394 e. The Hall–Kier alpha value is -1.17. The van der Waals surface area contributed by atoms with Crippen LogP contribution in [0.5, 0.6) is 0 Å². The molecule has 0 saturated heterocycles. The zero-order valence-corrected chi connectivity index (χ0v) is 28.6. The number of aliphatic hydroxyl groups excluding tert-OH is 3. The van der Waals surface area contributed by atoms with Gasteiger partial charge in [0, 0.05) is 0 Å². The molecule has 0 radical (unpaired) electrons. The van der Waals surface area contributed by atoms with Crippen molar-refractivity contribution in [2.75, 3.05) is 6.61 Å². The molecule has 0 aliphatic heterocycles. The molecule has 0 aliphatic rings. The van der Waals surface area contributed by atoms with E-state index in [4.69, 9.17) is 0 Å². The third-order valence-corrected chi connectivity index (χ3v) is 8.49. The second-order valence-corrected chi connectivity index (χ2v) is 12.8. The number of allylic oxidation sites excluding steroid dienone is 3. The fourth-order valence-electron chi connectivity index (χ4n) is 5.59. The Balaban J connectivity index is 3.75. The van der Waals surface area contributed by atoms with E-state index in [-0.39, 0.29) is 18.9 Å². The van der Waals surface area contributed by atoms with Crippen LogP contribution in [0, 0.1) is 0 Å². The highest BCUT2D eigenvalue weighted by atomic mass is 16.3. The lowest BCUT2D eigenvalue weighted by molar-refractivity contribution is -0.124. The SMILES string of the molecule is CCCCCCCCCCCCCCC/C=C/CC/C=C/C(O)C(CO)NC(=O)CC(O)CCCCCCCCCCC. The number of unbranched alkanes of at least 4 members (excludes halogenated alkanes) is 22. The Morgan fingerprint density at radius 2 is 1.00 bits per heavy atom. The van der Waals surface area contributed by atoms with Gasteiger partial charge in [-0.05, 0) is 32.1 Å². The molecule has 5 nitrogen and oxygen atoms in total. The molecule has 3 unspecified atom stereocenters. The lowest BCUT2D eigenvalue weighted by atomic mass is 10.0. The van der Waals surface area contributed by atoms with Gasteiger partial charge in [0.05, 0.1) is 31.3 Å². The van der Waals surface area contributed by atoms with Gasteiger partial charge in [0.2, 0.25) is 5.91 Å². The first-order valence-electron chi connectivity index (χ1n) is 18.6. The molecule has 254 valence electrons. The summed E-state index contributed by atoms with van der Waals surface area (Å²) in [7, 11) is 0. The van der Waals surface area contributed by atoms with Crippen molar-refractivity contribution >= 4 is 5.91 Å². The van der Waals surface area contributed by atoms with Crippen molar-refractivity contribution in [3.05, 3.63) is 24.3 Å². The van der Waals surface area contributed by atoms with Crippen molar-refractivity contribution in [3.63, 3.8) is 0 Å². The molecule has 0 saturated carbocycles.